The Morgan fingerprint density at radius 2 is 2.00 bits per heavy atom. The fraction of sp³-hybridized carbons (Fsp3) is 0.476. The van der Waals surface area contributed by atoms with Gasteiger partial charge < -0.3 is 23.6 Å². The van der Waals surface area contributed by atoms with Crippen LogP contribution in [0.15, 0.2) is 46.1 Å². The molecule has 0 amide bonds. The number of hydrogen-bond donors (Lipinski definition) is 3. The van der Waals surface area contributed by atoms with Gasteiger partial charge in [-0.05, 0) is 44.7 Å². The fourth-order valence-corrected chi connectivity index (χ4v) is 5.96. The maximum atomic E-state index is 15.3. The largest absolute Gasteiger partial charge is 0.462 e. The van der Waals surface area contributed by atoms with Gasteiger partial charge in [-0.15, -0.1) is 0 Å². The van der Waals surface area contributed by atoms with Crippen LogP contribution in [-0.2, 0) is 30.6 Å². The number of H-pyrrole nitrogens is 1. The summed E-state index contributed by atoms with van der Waals surface area (Å²) in [5.41, 5.74) is -2.54. The number of nitrogens with one attached hydrogen (secondary N) is 2. The van der Waals surface area contributed by atoms with Crippen LogP contribution in [0.2, 0.25) is 0 Å². The standard InChI is InChI=1S/C21H25ClF2N3O8PS/c1-11(2)33-18(30)12(3)26-36(37,35-13-7-5-4-6-8-13)32-10-15-16(28)21(22,24)19(34-15)27-9-14(23)17(29)25-20(27)31/h4-9,11-12,15-16,19,28H,10H2,1-3H3,(H,26,37)(H,25,29,31)/t12-,15-,16-,19-,21-,36?/m1/s1. The molecule has 1 unspecified atom stereocenters. The summed E-state index contributed by atoms with van der Waals surface area (Å²) >= 11 is 11.4. The highest BCUT2D eigenvalue weighted by Gasteiger charge is 2.58. The zero-order chi connectivity index (χ0) is 27.5. The predicted molar refractivity (Wildman–Crippen MR) is 132 cm³/mol. The molecule has 16 heteroatoms. The second-order valence-electron chi connectivity index (χ2n) is 8.32. The lowest BCUT2D eigenvalue weighted by Crippen LogP contribution is -2.42. The van der Waals surface area contributed by atoms with Gasteiger partial charge in [-0.1, -0.05) is 29.8 Å². The van der Waals surface area contributed by atoms with E-state index in [-0.39, 0.29) is 0 Å². The minimum atomic E-state index is -3.58. The van der Waals surface area contributed by atoms with Gasteiger partial charge in [0.2, 0.25) is 5.82 Å². The SMILES string of the molecule is CC(C)OC(=O)[C@@H](C)NP(=S)(OC[C@H]1O[C@@H](n2cc(F)c(=O)[nH]c2=O)[C@@](F)(Cl)[C@@H]1O)Oc1ccccc1. The van der Waals surface area contributed by atoms with E-state index in [9.17, 15) is 23.9 Å². The molecule has 0 bridgehead atoms. The molecule has 1 saturated heterocycles. The summed E-state index contributed by atoms with van der Waals surface area (Å²) in [4.78, 5) is 37.4. The Labute approximate surface area is 219 Å². The molecule has 11 nitrogen and oxygen atoms in total. The van der Waals surface area contributed by atoms with Crippen molar-refractivity contribution in [2.45, 2.75) is 56.5 Å². The number of aromatic amines is 1. The van der Waals surface area contributed by atoms with E-state index in [2.05, 4.69) is 5.09 Å². The van der Waals surface area contributed by atoms with E-state index in [1.165, 1.54) is 6.92 Å². The molecule has 2 heterocycles. The highest BCUT2D eigenvalue weighted by Crippen LogP contribution is 2.48. The average molecular weight is 584 g/mol. The number of nitrogens with zero attached hydrogens (tertiary/aromatic N) is 1. The average Bonchev–Trinajstić information content (AvgIpc) is 3.03. The first kappa shape index (κ1) is 29.4. The van der Waals surface area contributed by atoms with E-state index >= 15 is 4.39 Å². The third kappa shape index (κ3) is 7.02. The number of halogens is 3. The van der Waals surface area contributed by atoms with Gasteiger partial charge in [0.1, 0.15) is 24.0 Å². The fourth-order valence-electron chi connectivity index (χ4n) is 3.25. The highest BCUT2D eigenvalue weighted by molar-refractivity contribution is 8.09. The quantitative estimate of drug-likeness (QED) is 0.216. The van der Waals surface area contributed by atoms with Crippen LogP contribution in [-0.4, -0.2) is 56.7 Å². The predicted octanol–water partition coefficient (Wildman–Crippen LogP) is 2.09. The van der Waals surface area contributed by atoms with Crippen LogP contribution in [0, 0.1) is 5.82 Å². The van der Waals surface area contributed by atoms with Crippen LogP contribution < -0.4 is 20.9 Å². The first-order valence-corrected chi connectivity index (χ1v) is 13.9. The molecule has 3 N–H and O–H groups in total. The lowest BCUT2D eigenvalue weighted by atomic mass is 10.1. The summed E-state index contributed by atoms with van der Waals surface area (Å²) in [7, 11) is 0. The summed E-state index contributed by atoms with van der Waals surface area (Å²) in [6.07, 6.45) is -5.62. The number of benzene rings is 1. The molecule has 0 spiro atoms. The van der Waals surface area contributed by atoms with Gasteiger partial charge in [-0.2, -0.15) is 4.39 Å². The van der Waals surface area contributed by atoms with Crippen molar-refractivity contribution in [3.8, 4) is 5.75 Å². The van der Waals surface area contributed by atoms with Crippen molar-refractivity contribution < 1.29 is 37.2 Å². The van der Waals surface area contributed by atoms with Crippen molar-refractivity contribution >= 4 is 36.0 Å². The number of alkyl halides is 2. The number of carbonyl (C=O) groups is 1. The molecule has 1 aromatic heterocycles. The summed E-state index contributed by atoms with van der Waals surface area (Å²) < 4.78 is 51.5. The Morgan fingerprint density at radius 3 is 2.62 bits per heavy atom. The van der Waals surface area contributed by atoms with Crippen molar-refractivity contribution in [2.24, 2.45) is 0 Å². The Morgan fingerprint density at radius 1 is 1.35 bits per heavy atom. The smallest absolute Gasteiger partial charge is 0.330 e. The van der Waals surface area contributed by atoms with Crippen LogP contribution in [0.5, 0.6) is 5.75 Å². The highest BCUT2D eigenvalue weighted by atomic mass is 35.5. The number of rotatable bonds is 10. The van der Waals surface area contributed by atoms with E-state index in [0.29, 0.717) is 16.5 Å². The van der Waals surface area contributed by atoms with Gasteiger partial charge in [-0.3, -0.25) is 19.1 Å². The Hall–Kier alpha value is -2.19. The van der Waals surface area contributed by atoms with Crippen molar-refractivity contribution in [1.82, 2.24) is 14.6 Å². The summed E-state index contributed by atoms with van der Waals surface area (Å²) in [6, 6.07) is 7.28. The van der Waals surface area contributed by atoms with Crippen LogP contribution in [0.25, 0.3) is 0 Å². The molecule has 1 aliphatic rings. The number of para-hydroxylation sites is 1. The maximum absolute atomic E-state index is 15.3. The van der Waals surface area contributed by atoms with Gasteiger partial charge in [0, 0.05) is 0 Å². The third-order valence-electron chi connectivity index (χ3n) is 4.99. The van der Waals surface area contributed by atoms with E-state index in [4.69, 9.17) is 41.9 Å². The molecular weight excluding hydrogens is 559 g/mol. The van der Waals surface area contributed by atoms with E-state index in [1.54, 1.807) is 49.2 Å². The van der Waals surface area contributed by atoms with Crippen LogP contribution in [0.1, 0.15) is 27.0 Å². The molecule has 37 heavy (non-hydrogen) atoms. The Bertz CT molecular complexity index is 1280. The second kappa shape index (κ2) is 11.7. The molecule has 1 aromatic carbocycles. The minimum absolute atomic E-state index is 0.293. The monoisotopic (exact) mass is 583 g/mol. The van der Waals surface area contributed by atoms with Gasteiger partial charge in [0.25, 0.3) is 10.7 Å². The topological polar surface area (TPSA) is 141 Å². The van der Waals surface area contributed by atoms with Crippen LogP contribution >= 0.6 is 18.2 Å². The second-order valence-corrected chi connectivity index (χ2v) is 12.0. The number of carbonyl (C=O) groups excluding carboxylic acids is 1. The molecule has 1 fully saturated rings. The van der Waals surface area contributed by atoms with Gasteiger partial charge in [0.05, 0.1) is 18.9 Å². The molecule has 0 radical (unpaired) electrons. The van der Waals surface area contributed by atoms with E-state index in [0.717, 1.165) is 0 Å². The number of ether oxygens (including phenoxy) is 2. The zero-order valence-electron chi connectivity index (χ0n) is 19.8. The molecular formula is C21H25ClF2N3O8PS. The summed E-state index contributed by atoms with van der Waals surface area (Å²) in [6.45, 7) is 0.619. The third-order valence-corrected chi connectivity index (χ3v) is 7.90. The molecule has 0 aliphatic carbocycles. The first-order chi connectivity index (χ1) is 17.2. The normalized spacial score (nSPS) is 26.0. The summed E-state index contributed by atoms with van der Waals surface area (Å²) in [5.74, 6) is -1.74. The molecule has 3 rings (SSSR count). The Kier molecular flexibility index (Phi) is 9.27. The van der Waals surface area contributed by atoms with Crippen molar-refractivity contribution in [3.63, 3.8) is 0 Å². The van der Waals surface area contributed by atoms with Crippen molar-refractivity contribution in [1.29, 1.82) is 0 Å². The first-order valence-electron chi connectivity index (χ1n) is 10.9. The lowest BCUT2D eigenvalue weighted by Gasteiger charge is -2.28. The molecule has 1 aliphatic heterocycles. The maximum Gasteiger partial charge on any atom is 0.330 e. The Balaban J connectivity index is 1.82. The van der Waals surface area contributed by atoms with Crippen molar-refractivity contribution in [2.75, 3.05) is 6.61 Å². The van der Waals surface area contributed by atoms with E-state index in [1.807, 2.05) is 0 Å². The van der Waals surface area contributed by atoms with Gasteiger partial charge in [-0.25, -0.2) is 14.3 Å². The molecule has 0 saturated carbocycles. The number of aliphatic hydroxyl groups is 1. The molecule has 204 valence electrons. The number of esters is 1. The lowest BCUT2D eigenvalue weighted by molar-refractivity contribution is -0.149. The van der Waals surface area contributed by atoms with Crippen LogP contribution in [0.3, 0.4) is 0 Å². The molecule has 6 atom stereocenters. The minimum Gasteiger partial charge on any atom is -0.462 e. The number of hydrogen-bond acceptors (Lipinski definition) is 9. The van der Waals surface area contributed by atoms with Gasteiger partial charge >= 0.3 is 18.3 Å². The van der Waals surface area contributed by atoms with E-state index < -0.39 is 72.0 Å². The van der Waals surface area contributed by atoms with Gasteiger partial charge in [0.15, 0.2) is 6.23 Å². The summed E-state index contributed by atoms with van der Waals surface area (Å²) in [5, 5.41) is 10.1. The molecule has 2 aromatic rings. The number of aliphatic hydroxyl groups excluding tert-OH is 1. The van der Waals surface area contributed by atoms with Crippen molar-refractivity contribution in [3.05, 3.63) is 63.2 Å². The zero-order valence-corrected chi connectivity index (χ0v) is 22.3. The van der Waals surface area contributed by atoms with Crippen LogP contribution in [0.4, 0.5) is 8.78 Å². The number of aromatic nitrogens is 2.